The number of hydrogen-bond acceptors (Lipinski definition) is 3. The second-order valence-corrected chi connectivity index (χ2v) is 6.29. The maximum Gasteiger partial charge on any atom is 0.241 e. The molecule has 1 unspecified atom stereocenters. The lowest BCUT2D eigenvalue weighted by molar-refractivity contribution is -0.136. The van der Waals surface area contributed by atoms with Crippen molar-refractivity contribution in [3.63, 3.8) is 0 Å². The van der Waals surface area contributed by atoms with Crippen molar-refractivity contribution >= 4 is 11.8 Å². The summed E-state index contributed by atoms with van der Waals surface area (Å²) < 4.78 is 0. The van der Waals surface area contributed by atoms with Crippen LogP contribution in [0.25, 0.3) is 0 Å². The van der Waals surface area contributed by atoms with Gasteiger partial charge in [-0.25, -0.2) is 0 Å². The van der Waals surface area contributed by atoms with Gasteiger partial charge in [0.25, 0.3) is 0 Å². The van der Waals surface area contributed by atoms with Crippen LogP contribution in [-0.4, -0.2) is 48.1 Å². The van der Waals surface area contributed by atoms with E-state index in [0.29, 0.717) is 12.5 Å². The van der Waals surface area contributed by atoms with Crippen molar-refractivity contribution in [2.75, 3.05) is 26.2 Å². The van der Waals surface area contributed by atoms with Crippen LogP contribution in [0, 0.1) is 11.3 Å². The molecule has 0 bridgehead atoms. The molecule has 1 atom stereocenters. The molecule has 1 heterocycles. The molecule has 2 N–H and O–H groups in total. The number of piperidine rings is 1. The van der Waals surface area contributed by atoms with Gasteiger partial charge in [0.05, 0.1) is 6.54 Å². The van der Waals surface area contributed by atoms with Crippen LogP contribution in [0.4, 0.5) is 0 Å². The van der Waals surface area contributed by atoms with Crippen LogP contribution >= 0.6 is 0 Å². The average molecular weight is 270 g/mol. The van der Waals surface area contributed by atoms with Gasteiger partial charge >= 0.3 is 0 Å². The predicted octanol–water partition coefficient (Wildman–Crippen LogP) is 0.770. The number of carbonyl (C=O) groups excluding carboxylic acids is 2. The lowest BCUT2D eigenvalue weighted by Gasteiger charge is -2.32. The van der Waals surface area contributed by atoms with E-state index in [1.807, 2.05) is 20.8 Å². The van der Waals surface area contributed by atoms with E-state index in [1.165, 1.54) is 0 Å². The van der Waals surface area contributed by atoms with Crippen molar-refractivity contribution in [1.82, 2.24) is 10.2 Å². The molecule has 5 heteroatoms. The molecule has 1 aliphatic heterocycles. The van der Waals surface area contributed by atoms with Crippen molar-refractivity contribution in [1.29, 1.82) is 0 Å². The fourth-order valence-electron chi connectivity index (χ4n) is 2.24. The fraction of sp³-hybridized carbons (Fsp3) is 0.857. The summed E-state index contributed by atoms with van der Waals surface area (Å²) in [6, 6.07) is 0. The van der Waals surface area contributed by atoms with Gasteiger partial charge in [-0.3, -0.25) is 9.59 Å². The topological polar surface area (TPSA) is 69.6 Å². The Bertz CT molecular complexity index is 321. The summed E-state index contributed by atoms with van der Waals surface area (Å²) in [5.74, 6) is 0.256. The molecule has 0 radical (unpaired) electrons. The molecular formula is C14H26N2O3. The van der Waals surface area contributed by atoms with E-state index in [9.17, 15) is 9.59 Å². The minimum absolute atomic E-state index is 0.0276. The normalized spacial score (nSPS) is 20.2. The van der Waals surface area contributed by atoms with Crippen LogP contribution < -0.4 is 5.32 Å². The minimum Gasteiger partial charge on any atom is -0.396 e. The highest BCUT2D eigenvalue weighted by Crippen LogP contribution is 2.19. The second kappa shape index (κ2) is 6.89. The summed E-state index contributed by atoms with van der Waals surface area (Å²) in [6.45, 7) is 7.17. The highest BCUT2D eigenvalue weighted by molar-refractivity contribution is 5.87. The summed E-state index contributed by atoms with van der Waals surface area (Å²) in [7, 11) is 0. The van der Waals surface area contributed by atoms with E-state index >= 15 is 0 Å². The number of hydrogen-bond donors (Lipinski definition) is 2. The number of carbonyl (C=O) groups is 2. The quantitative estimate of drug-likeness (QED) is 0.793. The van der Waals surface area contributed by atoms with E-state index in [-0.39, 0.29) is 25.0 Å². The first kappa shape index (κ1) is 16.0. The van der Waals surface area contributed by atoms with Gasteiger partial charge in [0.15, 0.2) is 0 Å². The Kier molecular flexibility index (Phi) is 5.79. The molecule has 5 nitrogen and oxygen atoms in total. The van der Waals surface area contributed by atoms with Gasteiger partial charge in [0.1, 0.15) is 0 Å². The molecule has 0 aromatic rings. The second-order valence-electron chi connectivity index (χ2n) is 6.29. The number of likely N-dealkylation sites (tertiary alicyclic amines) is 1. The number of nitrogens with one attached hydrogen (secondary N) is 1. The van der Waals surface area contributed by atoms with E-state index in [1.54, 1.807) is 4.90 Å². The molecule has 1 rings (SSSR count). The molecule has 0 spiro atoms. The molecule has 0 aromatic carbocycles. The molecule has 0 saturated carbocycles. The van der Waals surface area contributed by atoms with Crippen molar-refractivity contribution in [3.05, 3.63) is 0 Å². The van der Waals surface area contributed by atoms with Crippen molar-refractivity contribution in [2.45, 2.75) is 40.0 Å². The van der Waals surface area contributed by atoms with Crippen molar-refractivity contribution < 1.29 is 14.7 Å². The standard InChI is InChI=1S/C14H26N2O3/c1-14(2,3)13(19)15-9-12(18)16-7-4-5-11(10-16)6-8-17/h11,17H,4-10H2,1-3H3,(H,15,19). The molecule has 2 amide bonds. The van der Waals surface area contributed by atoms with Crippen LogP contribution in [0.5, 0.6) is 0 Å². The fourth-order valence-corrected chi connectivity index (χ4v) is 2.24. The SMILES string of the molecule is CC(C)(C)C(=O)NCC(=O)N1CCCC(CCO)C1. The van der Waals surface area contributed by atoms with Crippen molar-refractivity contribution in [3.8, 4) is 0 Å². The third kappa shape index (κ3) is 5.19. The largest absolute Gasteiger partial charge is 0.396 e. The Morgan fingerprint density at radius 2 is 2.05 bits per heavy atom. The maximum atomic E-state index is 12.0. The van der Waals surface area contributed by atoms with Crippen LogP contribution in [0.15, 0.2) is 0 Å². The van der Waals surface area contributed by atoms with E-state index < -0.39 is 5.41 Å². The van der Waals surface area contributed by atoms with Gasteiger partial charge in [-0.05, 0) is 25.2 Å². The van der Waals surface area contributed by atoms with Crippen LogP contribution in [-0.2, 0) is 9.59 Å². The lowest BCUT2D eigenvalue weighted by atomic mass is 9.95. The molecule has 0 aliphatic carbocycles. The summed E-state index contributed by atoms with van der Waals surface area (Å²) in [5, 5.41) is 11.6. The average Bonchev–Trinajstić information content (AvgIpc) is 2.35. The van der Waals surface area contributed by atoms with Gasteiger partial charge < -0.3 is 15.3 Å². The van der Waals surface area contributed by atoms with Crippen LogP contribution in [0.3, 0.4) is 0 Å². The molecule has 1 fully saturated rings. The molecular weight excluding hydrogens is 244 g/mol. The van der Waals surface area contributed by atoms with Gasteiger partial charge in [0, 0.05) is 25.1 Å². The Labute approximate surface area is 115 Å². The molecule has 110 valence electrons. The molecule has 19 heavy (non-hydrogen) atoms. The first-order chi connectivity index (χ1) is 8.84. The minimum atomic E-state index is -0.471. The first-order valence-corrected chi connectivity index (χ1v) is 7.01. The molecule has 1 saturated heterocycles. The Morgan fingerprint density at radius 1 is 1.37 bits per heavy atom. The number of aliphatic hydroxyl groups is 1. The van der Waals surface area contributed by atoms with Gasteiger partial charge in [-0.1, -0.05) is 20.8 Å². The summed E-state index contributed by atoms with van der Waals surface area (Å²) in [6.07, 6.45) is 2.79. The van der Waals surface area contributed by atoms with Gasteiger partial charge in [-0.2, -0.15) is 0 Å². The smallest absolute Gasteiger partial charge is 0.241 e. The Hall–Kier alpha value is -1.10. The first-order valence-electron chi connectivity index (χ1n) is 7.01. The monoisotopic (exact) mass is 270 g/mol. The zero-order valence-corrected chi connectivity index (χ0v) is 12.2. The number of amides is 2. The summed E-state index contributed by atoms with van der Waals surface area (Å²) >= 11 is 0. The van der Waals surface area contributed by atoms with E-state index in [0.717, 1.165) is 25.8 Å². The zero-order valence-electron chi connectivity index (χ0n) is 12.2. The molecule has 1 aliphatic rings. The Morgan fingerprint density at radius 3 is 2.63 bits per heavy atom. The zero-order chi connectivity index (χ0) is 14.5. The highest BCUT2D eigenvalue weighted by Gasteiger charge is 2.25. The van der Waals surface area contributed by atoms with Crippen LogP contribution in [0.2, 0.25) is 0 Å². The van der Waals surface area contributed by atoms with Gasteiger partial charge in [-0.15, -0.1) is 0 Å². The number of aliphatic hydroxyl groups excluding tert-OH is 1. The maximum absolute atomic E-state index is 12.0. The summed E-state index contributed by atoms with van der Waals surface area (Å²) in [5.41, 5.74) is -0.471. The summed E-state index contributed by atoms with van der Waals surface area (Å²) in [4.78, 5) is 25.5. The Balaban J connectivity index is 2.39. The van der Waals surface area contributed by atoms with E-state index in [2.05, 4.69) is 5.32 Å². The number of nitrogens with zero attached hydrogens (tertiary/aromatic N) is 1. The van der Waals surface area contributed by atoms with Crippen molar-refractivity contribution in [2.24, 2.45) is 11.3 Å². The third-order valence-corrected chi connectivity index (χ3v) is 3.49. The highest BCUT2D eigenvalue weighted by atomic mass is 16.3. The molecule has 0 aromatic heterocycles. The van der Waals surface area contributed by atoms with Crippen LogP contribution in [0.1, 0.15) is 40.0 Å². The third-order valence-electron chi connectivity index (χ3n) is 3.49. The lowest BCUT2D eigenvalue weighted by Crippen LogP contribution is -2.46. The number of rotatable bonds is 4. The predicted molar refractivity (Wildman–Crippen MR) is 73.5 cm³/mol. The van der Waals surface area contributed by atoms with E-state index in [4.69, 9.17) is 5.11 Å². The van der Waals surface area contributed by atoms with Gasteiger partial charge in [0.2, 0.25) is 11.8 Å².